The van der Waals surface area contributed by atoms with Gasteiger partial charge in [-0.05, 0) is 43.0 Å². The highest BCUT2D eigenvalue weighted by atomic mass is 32.2. The normalized spacial score (nSPS) is 17.5. The van der Waals surface area contributed by atoms with Gasteiger partial charge in [0, 0.05) is 30.8 Å². The Labute approximate surface area is 177 Å². The molecule has 1 saturated heterocycles. The number of piperidine rings is 1. The number of rotatable bonds is 5. The SMILES string of the molecule is Cc1ccccc1CS(=O)(=O)N1CCC(C(=O)Nc2ccc3c(c2)OCCO3)CC1. The molecule has 2 aromatic rings. The van der Waals surface area contributed by atoms with Gasteiger partial charge in [0.2, 0.25) is 15.9 Å². The molecule has 0 atom stereocenters. The second-order valence-corrected chi connectivity index (χ2v) is 9.67. The lowest BCUT2D eigenvalue weighted by atomic mass is 9.97. The second-order valence-electron chi connectivity index (χ2n) is 7.70. The summed E-state index contributed by atoms with van der Waals surface area (Å²) in [5, 5.41) is 2.92. The Balaban J connectivity index is 1.34. The maximum atomic E-state index is 12.8. The zero-order valence-corrected chi connectivity index (χ0v) is 17.8. The number of carbonyl (C=O) groups is 1. The highest BCUT2D eigenvalue weighted by Crippen LogP contribution is 2.33. The van der Waals surface area contributed by atoms with E-state index < -0.39 is 10.0 Å². The summed E-state index contributed by atoms with van der Waals surface area (Å²) in [5.41, 5.74) is 2.43. The van der Waals surface area contributed by atoms with Gasteiger partial charge in [0.05, 0.1) is 5.75 Å². The number of sulfonamides is 1. The number of aryl methyl sites for hydroxylation is 1. The van der Waals surface area contributed by atoms with Crippen molar-refractivity contribution in [1.82, 2.24) is 4.31 Å². The molecule has 0 radical (unpaired) electrons. The van der Waals surface area contributed by atoms with Crippen LogP contribution in [-0.2, 0) is 20.6 Å². The van der Waals surface area contributed by atoms with Crippen molar-refractivity contribution in [3.63, 3.8) is 0 Å². The van der Waals surface area contributed by atoms with Crippen LogP contribution in [0, 0.1) is 12.8 Å². The molecule has 2 heterocycles. The number of anilines is 1. The largest absolute Gasteiger partial charge is 0.486 e. The van der Waals surface area contributed by atoms with Crippen molar-refractivity contribution in [3.05, 3.63) is 53.6 Å². The van der Waals surface area contributed by atoms with Gasteiger partial charge < -0.3 is 14.8 Å². The zero-order chi connectivity index (χ0) is 21.1. The van der Waals surface area contributed by atoms with Crippen LogP contribution in [0.3, 0.4) is 0 Å². The first-order valence-corrected chi connectivity index (χ1v) is 11.8. The Hall–Kier alpha value is -2.58. The molecule has 0 aliphatic carbocycles. The average molecular weight is 431 g/mol. The van der Waals surface area contributed by atoms with Gasteiger partial charge >= 0.3 is 0 Å². The van der Waals surface area contributed by atoms with E-state index in [1.54, 1.807) is 18.2 Å². The van der Waals surface area contributed by atoms with Crippen LogP contribution >= 0.6 is 0 Å². The molecule has 0 unspecified atom stereocenters. The quantitative estimate of drug-likeness (QED) is 0.788. The fourth-order valence-electron chi connectivity index (χ4n) is 3.82. The molecule has 1 N–H and O–H groups in total. The number of benzene rings is 2. The molecule has 1 fully saturated rings. The summed E-state index contributed by atoms with van der Waals surface area (Å²) >= 11 is 0. The minimum Gasteiger partial charge on any atom is -0.486 e. The number of hydrogen-bond acceptors (Lipinski definition) is 5. The minimum absolute atomic E-state index is 0.00622. The first kappa shape index (κ1) is 20.7. The lowest BCUT2D eigenvalue weighted by Gasteiger charge is -2.30. The molecular formula is C22H26N2O5S. The van der Waals surface area contributed by atoms with Gasteiger partial charge in [0.15, 0.2) is 11.5 Å². The van der Waals surface area contributed by atoms with Crippen molar-refractivity contribution < 1.29 is 22.7 Å². The van der Waals surface area contributed by atoms with Gasteiger partial charge in [-0.3, -0.25) is 4.79 Å². The van der Waals surface area contributed by atoms with E-state index in [0.29, 0.717) is 56.3 Å². The smallest absolute Gasteiger partial charge is 0.227 e. The summed E-state index contributed by atoms with van der Waals surface area (Å²) < 4.78 is 38.2. The fraction of sp³-hybridized carbons (Fsp3) is 0.409. The van der Waals surface area contributed by atoms with Crippen molar-refractivity contribution >= 4 is 21.6 Å². The number of amides is 1. The van der Waals surface area contributed by atoms with E-state index in [-0.39, 0.29) is 17.6 Å². The van der Waals surface area contributed by atoms with E-state index in [4.69, 9.17) is 9.47 Å². The molecule has 0 aromatic heterocycles. The van der Waals surface area contributed by atoms with Gasteiger partial charge in [-0.2, -0.15) is 0 Å². The molecule has 2 aliphatic heterocycles. The number of ether oxygens (including phenoxy) is 2. The van der Waals surface area contributed by atoms with Crippen LogP contribution in [-0.4, -0.2) is 44.9 Å². The lowest BCUT2D eigenvalue weighted by molar-refractivity contribution is -0.120. The standard InChI is InChI=1S/C22H26N2O5S/c1-16-4-2-3-5-18(16)15-30(26,27)24-10-8-17(9-11-24)22(25)23-19-6-7-20-21(14-19)29-13-12-28-20/h2-7,14,17H,8-13,15H2,1H3,(H,23,25). The van der Waals surface area contributed by atoms with Crippen molar-refractivity contribution in [2.45, 2.75) is 25.5 Å². The topological polar surface area (TPSA) is 84.9 Å². The predicted molar refractivity (Wildman–Crippen MR) is 114 cm³/mol. The summed E-state index contributed by atoms with van der Waals surface area (Å²) in [5.74, 6) is 0.974. The first-order chi connectivity index (χ1) is 14.4. The van der Waals surface area contributed by atoms with E-state index in [2.05, 4.69) is 5.32 Å². The molecular weight excluding hydrogens is 404 g/mol. The van der Waals surface area contributed by atoms with Gasteiger partial charge in [-0.25, -0.2) is 12.7 Å². The molecule has 0 bridgehead atoms. The molecule has 2 aliphatic rings. The maximum Gasteiger partial charge on any atom is 0.227 e. The lowest BCUT2D eigenvalue weighted by Crippen LogP contribution is -2.42. The van der Waals surface area contributed by atoms with E-state index in [1.165, 1.54) is 4.31 Å². The summed E-state index contributed by atoms with van der Waals surface area (Å²) in [4.78, 5) is 12.7. The molecule has 0 spiro atoms. The molecule has 8 heteroatoms. The summed E-state index contributed by atoms with van der Waals surface area (Å²) in [6, 6.07) is 12.8. The third kappa shape index (κ3) is 4.60. The van der Waals surface area contributed by atoms with Crippen LogP contribution in [0.2, 0.25) is 0 Å². The Morgan fingerprint density at radius 1 is 1.07 bits per heavy atom. The Morgan fingerprint density at radius 2 is 1.77 bits per heavy atom. The van der Waals surface area contributed by atoms with Crippen LogP contribution < -0.4 is 14.8 Å². The average Bonchev–Trinajstić information content (AvgIpc) is 2.75. The Kier molecular flexibility index (Phi) is 5.97. The molecule has 1 amide bonds. The Bertz CT molecular complexity index is 1030. The van der Waals surface area contributed by atoms with Crippen molar-refractivity contribution in [3.8, 4) is 11.5 Å². The number of fused-ring (bicyclic) bond motifs is 1. The Morgan fingerprint density at radius 3 is 2.50 bits per heavy atom. The van der Waals surface area contributed by atoms with Crippen molar-refractivity contribution in [1.29, 1.82) is 0 Å². The number of hydrogen-bond donors (Lipinski definition) is 1. The first-order valence-electron chi connectivity index (χ1n) is 10.2. The molecule has 30 heavy (non-hydrogen) atoms. The molecule has 0 saturated carbocycles. The van der Waals surface area contributed by atoms with E-state index in [9.17, 15) is 13.2 Å². The number of nitrogens with zero attached hydrogens (tertiary/aromatic N) is 1. The number of carbonyl (C=O) groups excluding carboxylic acids is 1. The van der Waals surface area contributed by atoms with Gasteiger partial charge in [0.25, 0.3) is 0 Å². The van der Waals surface area contributed by atoms with Crippen LogP contribution in [0.5, 0.6) is 11.5 Å². The van der Waals surface area contributed by atoms with E-state index >= 15 is 0 Å². The summed E-state index contributed by atoms with van der Waals surface area (Å²) in [6.45, 7) is 3.63. The predicted octanol–water partition coefficient (Wildman–Crippen LogP) is 2.95. The van der Waals surface area contributed by atoms with Crippen LogP contribution in [0.4, 0.5) is 5.69 Å². The van der Waals surface area contributed by atoms with Crippen molar-refractivity contribution in [2.24, 2.45) is 5.92 Å². The number of nitrogens with one attached hydrogen (secondary N) is 1. The third-order valence-electron chi connectivity index (χ3n) is 5.63. The molecule has 7 nitrogen and oxygen atoms in total. The molecule has 160 valence electrons. The van der Waals surface area contributed by atoms with Gasteiger partial charge in [-0.1, -0.05) is 24.3 Å². The summed E-state index contributed by atoms with van der Waals surface area (Å²) in [6.07, 6.45) is 1.01. The molecule has 4 rings (SSSR count). The van der Waals surface area contributed by atoms with Gasteiger partial charge in [-0.15, -0.1) is 0 Å². The summed E-state index contributed by atoms with van der Waals surface area (Å²) in [7, 11) is -3.41. The minimum atomic E-state index is -3.41. The highest BCUT2D eigenvalue weighted by Gasteiger charge is 2.31. The zero-order valence-electron chi connectivity index (χ0n) is 17.0. The van der Waals surface area contributed by atoms with Gasteiger partial charge in [0.1, 0.15) is 13.2 Å². The van der Waals surface area contributed by atoms with Crippen LogP contribution in [0.15, 0.2) is 42.5 Å². The fourth-order valence-corrected chi connectivity index (χ4v) is 5.49. The second kappa shape index (κ2) is 8.65. The van der Waals surface area contributed by atoms with E-state index in [1.807, 2.05) is 31.2 Å². The van der Waals surface area contributed by atoms with E-state index in [0.717, 1.165) is 11.1 Å². The molecule has 2 aromatic carbocycles. The maximum absolute atomic E-state index is 12.8. The highest BCUT2D eigenvalue weighted by molar-refractivity contribution is 7.88. The van der Waals surface area contributed by atoms with Crippen molar-refractivity contribution in [2.75, 3.05) is 31.6 Å². The third-order valence-corrected chi connectivity index (χ3v) is 7.45. The monoisotopic (exact) mass is 430 g/mol. The van der Waals surface area contributed by atoms with Crippen LogP contribution in [0.1, 0.15) is 24.0 Å². The van der Waals surface area contributed by atoms with Crippen LogP contribution in [0.25, 0.3) is 0 Å².